The Morgan fingerprint density at radius 2 is 1.79 bits per heavy atom. The Labute approximate surface area is 164 Å². The number of hydrogen-bond acceptors (Lipinski definition) is 4. The summed E-state index contributed by atoms with van der Waals surface area (Å²) in [5.41, 5.74) is 0.998. The third-order valence-electron chi connectivity index (χ3n) is 3.97. The quantitative estimate of drug-likeness (QED) is 0.666. The lowest BCUT2D eigenvalue weighted by atomic mass is 10.1. The van der Waals surface area contributed by atoms with Crippen LogP contribution in [-0.2, 0) is 12.6 Å². The first kappa shape index (κ1) is 20.0. The molecule has 146 valence electrons. The van der Waals surface area contributed by atoms with Gasteiger partial charge in [-0.2, -0.15) is 18.2 Å². The average Bonchev–Trinajstić information content (AvgIpc) is 2.66. The molecule has 2 heterocycles. The van der Waals surface area contributed by atoms with Crippen LogP contribution in [0.1, 0.15) is 16.8 Å². The van der Waals surface area contributed by atoms with E-state index in [-0.39, 0.29) is 5.88 Å². The molecule has 2 N–H and O–H groups in total. The fourth-order valence-corrected chi connectivity index (χ4v) is 2.62. The fraction of sp³-hybridized carbons (Fsp3) is 0.211. The normalized spacial score (nSPS) is 11.5. The molecule has 0 bridgehead atoms. The summed E-state index contributed by atoms with van der Waals surface area (Å²) < 4.78 is 43.1. The number of nitrogens with two attached hydrogens (primary N) is 1. The van der Waals surface area contributed by atoms with Gasteiger partial charge in [0.05, 0.1) is 17.8 Å². The van der Waals surface area contributed by atoms with E-state index in [1.54, 1.807) is 12.1 Å². The van der Waals surface area contributed by atoms with Crippen molar-refractivity contribution in [3.63, 3.8) is 0 Å². The van der Waals surface area contributed by atoms with Gasteiger partial charge in [0.1, 0.15) is 17.1 Å². The number of rotatable bonds is 6. The highest BCUT2D eigenvalue weighted by Gasteiger charge is 2.30. The Kier molecular flexibility index (Phi) is 6.11. The van der Waals surface area contributed by atoms with E-state index in [0.717, 1.165) is 36.5 Å². The van der Waals surface area contributed by atoms with E-state index in [2.05, 4.69) is 15.0 Å². The maximum absolute atomic E-state index is 12.5. The summed E-state index contributed by atoms with van der Waals surface area (Å²) in [7, 11) is 0. The summed E-state index contributed by atoms with van der Waals surface area (Å²) >= 11 is 6.17. The maximum atomic E-state index is 12.5. The second-order valence-electron chi connectivity index (χ2n) is 6.03. The lowest BCUT2D eigenvalue weighted by Crippen LogP contribution is -2.79. The Hall–Kier alpha value is -2.71. The largest absolute Gasteiger partial charge is 0.439 e. The number of quaternary nitrogens is 1. The molecule has 0 fully saturated rings. The molecule has 2 aromatic heterocycles. The molecule has 9 heteroatoms. The van der Waals surface area contributed by atoms with Crippen LogP contribution in [0.25, 0.3) is 0 Å². The third kappa shape index (κ3) is 5.17. The molecule has 28 heavy (non-hydrogen) atoms. The van der Waals surface area contributed by atoms with Crippen LogP contribution in [0.5, 0.6) is 11.6 Å². The molecule has 3 aromatic rings. The predicted octanol–water partition coefficient (Wildman–Crippen LogP) is 4.08. The van der Waals surface area contributed by atoms with Gasteiger partial charge in [-0.05, 0) is 30.7 Å². The summed E-state index contributed by atoms with van der Waals surface area (Å²) in [6, 6.07) is 9.40. The van der Waals surface area contributed by atoms with Crippen molar-refractivity contribution in [3.8, 4) is 11.6 Å². The van der Waals surface area contributed by atoms with E-state index < -0.39 is 11.7 Å². The van der Waals surface area contributed by atoms with Crippen molar-refractivity contribution in [3.05, 3.63) is 70.8 Å². The van der Waals surface area contributed by atoms with Crippen LogP contribution in [0, 0.1) is 6.92 Å². The SMILES string of the molecule is Cc1ncnc([NH2+]CCc2ccc(Oc3ccc(C(F)(F)F)cn3)cc2)c1Cl. The molecule has 0 unspecified atom stereocenters. The second-order valence-corrected chi connectivity index (χ2v) is 6.41. The number of aromatic nitrogens is 3. The summed E-state index contributed by atoms with van der Waals surface area (Å²) in [5, 5.41) is 2.50. The molecular formula is C19H17ClF3N4O+. The van der Waals surface area contributed by atoms with E-state index in [4.69, 9.17) is 16.3 Å². The molecule has 0 aliphatic heterocycles. The Bertz CT molecular complexity index is 931. The van der Waals surface area contributed by atoms with Crippen molar-refractivity contribution in [2.75, 3.05) is 6.54 Å². The van der Waals surface area contributed by atoms with Crippen molar-refractivity contribution in [1.82, 2.24) is 15.0 Å². The lowest BCUT2D eigenvalue weighted by molar-refractivity contribution is -0.574. The predicted molar refractivity (Wildman–Crippen MR) is 97.7 cm³/mol. The molecule has 3 rings (SSSR count). The highest BCUT2D eigenvalue weighted by atomic mass is 35.5. The van der Waals surface area contributed by atoms with Crippen LogP contribution in [0.15, 0.2) is 48.9 Å². The highest BCUT2D eigenvalue weighted by Crippen LogP contribution is 2.30. The zero-order valence-corrected chi connectivity index (χ0v) is 15.6. The number of aryl methyl sites for hydroxylation is 1. The Balaban J connectivity index is 1.54. The van der Waals surface area contributed by atoms with Crippen molar-refractivity contribution >= 4 is 17.4 Å². The van der Waals surface area contributed by atoms with Crippen molar-refractivity contribution in [2.24, 2.45) is 0 Å². The molecule has 5 nitrogen and oxygen atoms in total. The van der Waals surface area contributed by atoms with Crippen molar-refractivity contribution in [1.29, 1.82) is 0 Å². The molecule has 0 amide bonds. The van der Waals surface area contributed by atoms with Crippen LogP contribution >= 0.6 is 11.6 Å². The summed E-state index contributed by atoms with van der Waals surface area (Å²) in [6.45, 7) is 2.57. The first-order chi connectivity index (χ1) is 13.3. The Morgan fingerprint density at radius 3 is 2.43 bits per heavy atom. The van der Waals surface area contributed by atoms with Gasteiger partial charge in [-0.15, -0.1) is 0 Å². The fourth-order valence-electron chi connectivity index (χ4n) is 2.45. The molecule has 0 aliphatic carbocycles. The first-order valence-corrected chi connectivity index (χ1v) is 8.81. The van der Waals surface area contributed by atoms with Crippen LogP contribution in [0.3, 0.4) is 0 Å². The molecular weight excluding hydrogens is 393 g/mol. The van der Waals surface area contributed by atoms with Crippen molar-refractivity contribution < 1.29 is 23.2 Å². The number of pyridine rings is 1. The topological polar surface area (TPSA) is 64.5 Å². The van der Waals surface area contributed by atoms with E-state index in [1.165, 1.54) is 12.4 Å². The van der Waals surface area contributed by atoms with Gasteiger partial charge in [0, 0.05) is 18.7 Å². The minimum atomic E-state index is -4.42. The lowest BCUT2D eigenvalue weighted by Gasteiger charge is -2.08. The van der Waals surface area contributed by atoms with Gasteiger partial charge in [-0.3, -0.25) is 5.32 Å². The maximum Gasteiger partial charge on any atom is 0.417 e. The molecule has 0 spiro atoms. The molecule has 1 aromatic carbocycles. The second kappa shape index (κ2) is 8.53. The molecule has 0 radical (unpaired) electrons. The van der Waals surface area contributed by atoms with Crippen LogP contribution in [-0.4, -0.2) is 21.5 Å². The van der Waals surface area contributed by atoms with E-state index >= 15 is 0 Å². The van der Waals surface area contributed by atoms with Crippen molar-refractivity contribution in [2.45, 2.75) is 19.5 Å². The van der Waals surface area contributed by atoms with Gasteiger partial charge >= 0.3 is 6.18 Å². The van der Waals surface area contributed by atoms with E-state index in [1.807, 2.05) is 24.4 Å². The average molecular weight is 410 g/mol. The summed E-state index contributed by atoms with van der Waals surface area (Å²) in [5.74, 6) is 1.31. The number of nitrogens with zero attached hydrogens (tertiary/aromatic N) is 3. The van der Waals surface area contributed by atoms with Gasteiger partial charge in [0.2, 0.25) is 11.7 Å². The molecule has 0 aliphatic rings. The van der Waals surface area contributed by atoms with Gasteiger partial charge < -0.3 is 4.74 Å². The number of halogens is 4. The highest BCUT2D eigenvalue weighted by molar-refractivity contribution is 6.32. The van der Waals surface area contributed by atoms with Gasteiger partial charge in [0.25, 0.3) is 0 Å². The van der Waals surface area contributed by atoms with Crippen LogP contribution in [0.4, 0.5) is 19.0 Å². The molecule has 0 saturated carbocycles. The number of hydrogen-bond donors (Lipinski definition) is 1. The Morgan fingerprint density at radius 1 is 1.04 bits per heavy atom. The molecule has 0 atom stereocenters. The number of benzene rings is 1. The summed E-state index contributed by atoms with van der Waals surface area (Å²) in [4.78, 5) is 11.9. The number of alkyl halides is 3. The van der Waals surface area contributed by atoms with Gasteiger partial charge in [-0.25, -0.2) is 9.97 Å². The number of ether oxygens (including phenoxy) is 1. The third-order valence-corrected chi connectivity index (χ3v) is 4.44. The zero-order chi connectivity index (χ0) is 20.1. The standard InChI is InChI=1S/C19H16ClF3N4O/c1-12-17(20)18(27-11-26-12)24-9-8-13-2-5-15(6-3-13)28-16-7-4-14(10-25-16)19(21,22)23/h2-7,10-11H,8-9H2,1H3,(H,24,26,27)/p+1. The monoisotopic (exact) mass is 409 g/mol. The molecule has 0 saturated heterocycles. The van der Waals surface area contributed by atoms with Crippen LogP contribution < -0.4 is 10.1 Å². The minimum Gasteiger partial charge on any atom is -0.439 e. The zero-order valence-electron chi connectivity index (χ0n) is 14.9. The van der Waals surface area contributed by atoms with Crippen LogP contribution in [0.2, 0.25) is 5.02 Å². The minimum absolute atomic E-state index is 0.0999. The van der Waals surface area contributed by atoms with E-state index in [9.17, 15) is 13.2 Å². The first-order valence-electron chi connectivity index (χ1n) is 8.43. The summed E-state index contributed by atoms with van der Waals surface area (Å²) in [6.07, 6.45) is -1.41. The smallest absolute Gasteiger partial charge is 0.417 e. The van der Waals surface area contributed by atoms with Gasteiger partial charge in [-0.1, -0.05) is 23.7 Å². The van der Waals surface area contributed by atoms with Gasteiger partial charge in [0.15, 0.2) is 0 Å². The van der Waals surface area contributed by atoms with E-state index in [0.29, 0.717) is 16.6 Å².